The van der Waals surface area contributed by atoms with Gasteiger partial charge in [-0.1, -0.05) is 0 Å². The van der Waals surface area contributed by atoms with Gasteiger partial charge in [0.1, 0.15) is 0 Å². The average molecular weight is 379 g/mol. The zero-order chi connectivity index (χ0) is 16.9. The monoisotopic (exact) mass is 378 g/mol. The molecule has 0 spiro atoms. The molecule has 2 atom stereocenters. The van der Waals surface area contributed by atoms with Crippen LogP contribution >= 0.6 is 24.2 Å². The molecular weight excluding hydrogens is 356 g/mol. The first-order valence-electron chi connectivity index (χ1n) is 8.21. The molecule has 1 aliphatic heterocycles. The van der Waals surface area contributed by atoms with Crippen molar-refractivity contribution in [3.63, 3.8) is 0 Å². The number of carbonyl (C=O) groups is 1. The zero-order valence-corrected chi connectivity index (χ0v) is 16.0. The minimum absolute atomic E-state index is 0. The second-order valence-corrected chi connectivity index (χ2v) is 7.22. The Labute approximate surface area is 158 Å². The van der Waals surface area contributed by atoms with Crippen molar-refractivity contribution in [2.45, 2.75) is 42.8 Å². The van der Waals surface area contributed by atoms with Crippen LogP contribution < -0.4 is 10.6 Å². The van der Waals surface area contributed by atoms with E-state index in [1.165, 1.54) is 11.8 Å². The van der Waals surface area contributed by atoms with Crippen molar-refractivity contribution in [2.24, 2.45) is 5.92 Å². The van der Waals surface area contributed by atoms with Gasteiger partial charge in [0.15, 0.2) is 5.16 Å². The fourth-order valence-corrected chi connectivity index (χ4v) is 3.70. The predicted molar refractivity (Wildman–Crippen MR) is 103 cm³/mol. The SMILES string of the molecule is Cc1cc(Sc2ncccn2)ccc1NC(=O)[C@H]1CCN[C@@H](C)C1.Cl. The van der Waals surface area contributed by atoms with E-state index < -0.39 is 0 Å². The first-order chi connectivity index (χ1) is 11.6. The highest BCUT2D eigenvalue weighted by molar-refractivity contribution is 7.99. The van der Waals surface area contributed by atoms with Gasteiger partial charge in [0.2, 0.25) is 5.91 Å². The number of hydrogen-bond acceptors (Lipinski definition) is 5. The molecule has 2 heterocycles. The molecule has 1 amide bonds. The summed E-state index contributed by atoms with van der Waals surface area (Å²) in [6.07, 6.45) is 5.26. The van der Waals surface area contributed by atoms with Gasteiger partial charge in [-0.25, -0.2) is 9.97 Å². The van der Waals surface area contributed by atoms with E-state index in [4.69, 9.17) is 0 Å². The largest absolute Gasteiger partial charge is 0.326 e. The first kappa shape index (κ1) is 19.7. The van der Waals surface area contributed by atoms with Crippen LogP contribution in [0.5, 0.6) is 0 Å². The number of hydrogen-bond donors (Lipinski definition) is 2. The fourth-order valence-electron chi connectivity index (χ4n) is 2.89. The highest BCUT2D eigenvalue weighted by Crippen LogP contribution is 2.28. The Morgan fingerprint density at radius 2 is 2.08 bits per heavy atom. The Hall–Kier alpha value is -1.63. The number of aromatic nitrogens is 2. The van der Waals surface area contributed by atoms with Crippen LogP contribution in [0.1, 0.15) is 25.3 Å². The van der Waals surface area contributed by atoms with E-state index >= 15 is 0 Å². The molecule has 0 radical (unpaired) electrons. The van der Waals surface area contributed by atoms with Gasteiger partial charge in [0, 0.05) is 34.9 Å². The molecule has 3 rings (SSSR count). The Morgan fingerprint density at radius 3 is 2.76 bits per heavy atom. The molecule has 1 aromatic carbocycles. The van der Waals surface area contributed by atoms with Crippen molar-refractivity contribution in [1.82, 2.24) is 15.3 Å². The molecular formula is C18H23ClN4OS. The van der Waals surface area contributed by atoms with Gasteiger partial charge >= 0.3 is 0 Å². The van der Waals surface area contributed by atoms with Gasteiger partial charge in [0.25, 0.3) is 0 Å². The molecule has 25 heavy (non-hydrogen) atoms. The van der Waals surface area contributed by atoms with Crippen LogP contribution in [0.4, 0.5) is 5.69 Å². The number of amides is 1. The lowest BCUT2D eigenvalue weighted by Crippen LogP contribution is -2.40. The van der Waals surface area contributed by atoms with Crippen LogP contribution in [0.3, 0.4) is 0 Å². The van der Waals surface area contributed by atoms with Gasteiger partial charge in [-0.15, -0.1) is 12.4 Å². The molecule has 134 valence electrons. The summed E-state index contributed by atoms with van der Waals surface area (Å²) in [5, 5.41) is 7.18. The summed E-state index contributed by atoms with van der Waals surface area (Å²) < 4.78 is 0. The smallest absolute Gasteiger partial charge is 0.227 e. The zero-order valence-electron chi connectivity index (χ0n) is 14.4. The predicted octanol–water partition coefficient (Wildman–Crippen LogP) is 3.68. The molecule has 1 aromatic heterocycles. The number of nitrogens with zero attached hydrogens (tertiary/aromatic N) is 2. The third-order valence-corrected chi connectivity index (χ3v) is 5.08. The second-order valence-electron chi connectivity index (χ2n) is 6.18. The van der Waals surface area contributed by atoms with E-state index in [9.17, 15) is 4.79 Å². The maximum absolute atomic E-state index is 12.5. The van der Waals surface area contributed by atoms with E-state index in [1.807, 2.05) is 19.1 Å². The highest BCUT2D eigenvalue weighted by atomic mass is 35.5. The van der Waals surface area contributed by atoms with Gasteiger partial charge in [-0.2, -0.15) is 0 Å². The van der Waals surface area contributed by atoms with Crippen molar-refractivity contribution < 1.29 is 4.79 Å². The van der Waals surface area contributed by atoms with Gasteiger partial charge in [0.05, 0.1) is 0 Å². The van der Waals surface area contributed by atoms with Crippen LogP contribution in [0, 0.1) is 12.8 Å². The van der Waals surface area contributed by atoms with Crippen LogP contribution in [0.2, 0.25) is 0 Å². The lowest BCUT2D eigenvalue weighted by atomic mass is 9.92. The lowest BCUT2D eigenvalue weighted by molar-refractivity contribution is -0.120. The van der Waals surface area contributed by atoms with E-state index in [2.05, 4.69) is 33.6 Å². The molecule has 0 bridgehead atoms. The second kappa shape index (κ2) is 9.17. The first-order valence-corrected chi connectivity index (χ1v) is 9.03. The van der Waals surface area contributed by atoms with Gasteiger partial charge in [-0.05, 0) is 74.8 Å². The van der Waals surface area contributed by atoms with Gasteiger partial charge < -0.3 is 10.6 Å². The van der Waals surface area contributed by atoms with Crippen molar-refractivity contribution in [3.8, 4) is 0 Å². The molecule has 1 aliphatic rings. The Morgan fingerprint density at radius 1 is 1.32 bits per heavy atom. The average Bonchev–Trinajstić information content (AvgIpc) is 2.58. The molecule has 0 saturated carbocycles. The molecule has 0 unspecified atom stereocenters. The molecule has 1 fully saturated rings. The maximum Gasteiger partial charge on any atom is 0.227 e. The topological polar surface area (TPSA) is 66.9 Å². The number of nitrogens with one attached hydrogen (secondary N) is 2. The van der Waals surface area contributed by atoms with E-state index in [-0.39, 0.29) is 24.2 Å². The summed E-state index contributed by atoms with van der Waals surface area (Å²) in [6.45, 7) is 5.05. The Kier molecular flexibility index (Phi) is 7.23. The standard InChI is InChI=1S/C18H22N4OS.ClH/c1-12-10-15(24-18-20-7-3-8-21-18)4-5-16(12)22-17(23)14-6-9-19-13(2)11-14;/h3-5,7-8,10,13-14,19H,6,9,11H2,1-2H3,(H,22,23);1H/t13-,14-;/m0./s1. The Bertz CT molecular complexity index is 713. The molecule has 1 saturated heterocycles. The summed E-state index contributed by atoms with van der Waals surface area (Å²) in [5.41, 5.74) is 1.93. The van der Waals surface area contributed by atoms with Crippen molar-refractivity contribution in [3.05, 3.63) is 42.2 Å². The molecule has 5 nitrogen and oxygen atoms in total. The van der Waals surface area contributed by atoms with Crippen LogP contribution in [-0.4, -0.2) is 28.5 Å². The molecule has 7 heteroatoms. The molecule has 0 aliphatic carbocycles. The summed E-state index contributed by atoms with van der Waals surface area (Å²) in [5.74, 6) is 0.214. The lowest BCUT2D eigenvalue weighted by Gasteiger charge is -2.27. The van der Waals surface area contributed by atoms with Crippen LogP contribution in [-0.2, 0) is 4.79 Å². The Balaban J connectivity index is 0.00000225. The highest BCUT2D eigenvalue weighted by Gasteiger charge is 2.24. The number of anilines is 1. The van der Waals surface area contributed by atoms with Crippen molar-refractivity contribution in [1.29, 1.82) is 0 Å². The fraction of sp³-hybridized carbons (Fsp3) is 0.389. The van der Waals surface area contributed by atoms with Crippen LogP contribution in [0.25, 0.3) is 0 Å². The summed E-state index contributed by atoms with van der Waals surface area (Å²) >= 11 is 1.51. The maximum atomic E-state index is 12.5. The van der Waals surface area contributed by atoms with Crippen LogP contribution in [0.15, 0.2) is 46.7 Å². The van der Waals surface area contributed by atoms with Gasteiger partial charge in [-0.3, -0.25) is 4.79 Å². The third-order valence-electron chi connectivity index (χ3n) is 4.20. The quantitative estimate of drug-likeness (QED) is 0.794. The van der Waals surface area contributed by atoms with Crippen molar-refractivity contribution in [2.75, 3.05) is 11.9 Å². The van der Waals surface area contributed by atoms with E-state index in [0.29, 0.717) is 6.04 Å². The normalized spacial score (nSPS) is 19.8. The molecule has 2 N–H and O–H groups in total. The minimum Gasteiger partial charge on any atom is -0.326 e. The summed E-state index contributed by atoms with van der Waals surface area (Å²) in [4.78, 5) is 22.0. The van der Waals surface area contributed by atoms with Crippen molar-refractivity contribution >= 4 is 35.8 Å². The number of rotatable bonds is 4. The summed E-state index contributed by atoms with van der Waals surface area (Å²) in [6, 6.07) is 8.22. The number of carbonyl (C=O) groups excluding carboxylic acids is 1. The third kappa shape index (κ3) is 5.42. The number of aryl methyl sites for hydroxylation is 1. The number of halogens is 1. The number of piperidine rings is 1. The summed E-state index contributed by atoms with van der Waals surface area (Å²) in [7, 11) is 0. The number of benzene rings is 1. The minimum atomic E-state index is 0. The van der Waals surface area contributed by atoms with E-state index in [1.54, 1.807) is 18.5 Å². The molecule has 2 aromatic rings. The van der Waals surface area contributed by atoms with E-state index in [0.717, 1.165) is 40.7 Å².